The van der Waals surface area contributed by atoms with Crippen molar-refractivity contribution >= 4 is 28.0 Å². The van der Waals surface area contributed by atoms with Crippen LogP contribution < -0.4 is 0 Å². The molecule has 0 saturated carbocycles. The van der Waals surface area contributed by atoms with Crippen LogP contribution in [0.4, 0.5) is 0 Å². The average molecular weight is 342 g/mol. The molecule has 2 aromatic carbocycles. The second-order valence-corrected chi connectivity index (χ2v) is 5.22. The number of hydrogen-bond acceptors (Lipinski definition) is 3. The minimum Gasteiger partial charge on any atom is -0.458 e. The molecule has 4 heteroatoms. The maximum atomic E-state index is 11.6. The molecule has 0 atom stereocenters. The van der Waals surface area contributed by atoms with Crippen LogP contribution in [0.3, 0.4) is 0 Å². The zero-order chi connectivity index (χ0) is 15.1. The third-order valence-corrected chi connectivity index (χ3v) is 3.22. The summed E-state index contributed by atoms with van der Waals surface area (Å²) in [5.41, 5.74) is 2.34. The number of ether oxygens (including phenoxy) is 1. The van der Waals surface area contributed by atoms with Crippen LogP contribution in [0.15, 0.2) is 59.1 Å². The summed E-state index contributed by atoms with van der Waals surface area (Å²) in [5, 5.41) is 8.70. The number of benzene rings is 2. The van der Waals surface area contributed by atoms with Crippen LogP contribution in [0.25, 0.3) is 6.08 Å². The lowest BCUT2D eigenvalue weighted by molar-refractivity contribution is -0.138. The van der Waals surface area contributed by atoms with Crippen LogP contribution in [0.5, 0.6) is 0 Å². The second-order valence-electron chi connectivity index (χ2n) is 4.30. The van der Waals surface area contributed by atoms with Crippen molar-refractivity contribution < 1.29 is 9.53 Å². The normalized spacial score (nSPS) is 10.3. The van der Waals surface area contributed by atoms with E-state index in [2.05, 4.69) is 15.9 Å². The summed E-state index contributed by atoms with van der Waals surface area (Å²) in [4.78, 5) is 11.6. The summed E-state index contributed by atoms with van der Waals surface area (Å²) in [7, 11) is 0. The molecule has 0 heterocycles. The minimum absolute atomic E-state index is 0.188. The largest absolute Gasteiger partial charge is 0.458 e. The van der Waals surface area contributed by atoms with Crippen LogP contribution in [0.2, 0.25) is 0 Å². The Labute approximate surface area is 131 Å². The summed E-state index contributed by atoms with van der Waals surface area (Å²) in [5.74, 6) is -0.403. The van der Waals surface area contributed by atoms with Crippen molar-refractivity contribution in [2.45, 2.75) is 6.61 Å². The molecule has 2 aromatic rings. The summed E-state index contributed by atoms with van der Waals surface area (Å²) < 4.78 is 6.09. The van der Waals surface area contributed by atoms with Crippen molar-refractivity contribution in [3.8, 4) is 6.07 Å². The fourth-order valence-corrected chi connectivity index (χ4v) is 2.07. The van der Waals surface area contributed by atoms with Gasteiger partial charge in [0.25, 0.3) is 0 Å². The molecular weight excluding hydrogens is 330 g/mol. The zero-order valence-electron chi connectivity index (χ0n) is 11.1. The highest BCUT2D eigenvalue weighted by molar-refractivity contribution is 9.10. The SMILES string of the molecule is N#Cc1ccc(COC(=O)C=Cc2cccc(Br)c2)cc1. The molecule has 0 aliphatic carbocycles. The van der Waals surface area contributed by atoms with Crippen molar-refractivity contribution in [2.24, 2.45) is 0 Å². The number of rotatable bonds is 4. The summed E-state index contributed by atoms with van der Waals surface area (Å²) in [6.45, 7) is 0.188. The number of carbonyl (C=O) groups is 1. The van der Waals surface area contributed by atoms with E-state index in [1.807, 2.05) is 30.3 Å². The molecule has 0 aliphatic rings. The Bertz CT molecular complexity index is 699. The maximum Gasteiger partial charge on any atom is 0.331 e. The van der Waals surface area contributed by atoms with Gasteiger partial charge in [-0.3, -0.25) is 0 Å². The number of esters is 1. The first kappa shape index (κ1) is 15.0. The molecule has 0 bridgehead atoms. The fraction of sp³-hybridized carbons (Fsp3) is 0.0588. The van der Waals surface area contributed by atoms with E-state index in [0.717, 1.165) is 15.6 Å². The Morgan fingerprint density at radius 2 is 2.00 bits per heavy atom. The first-order chi connectivity index (χ1) is 10.2. The topological polar surface area (TPSA) is 50.1 Å². The van der Waals surface area contributed by atoms with Gasteiger partial charge < -0.3 is 4.74 Å². The molecule has 0 amide bonds. The van der Waals surface area contributed by atoms with Gasteiger partial charge in [-0.1, -0.05) is 40.2 Å². The van der Waals surface area contributed by atoms with E-state index < -0.39 is 5.97 Å². The van der Waals surface area contributed by atoms with E-state index in [9.17, 15) is 4.79 Å². The number of carbonyl (C=O) groups excluding carboxylic acids is 1. The van der Waals surface area contributed by atoms with Gasteiger partial charge in [0.1, 0.15) is 6.61 Å². The third-order valence-electron chi connectivity index (χ3n) is 2.72. The molecule has 0 aromatic heterocycles. The molecule has 21 heavy (non-hydrogen) atoms. The van der Waals surface area contributed by atoms with Gasteiger partial charge in [-0.25, -0.2) is 4.79 Å². The number of nitriles is 1. The van der Waals surface area contributed by atoms with Crippen molar-refractivity contribution in [1.82, 2.24) is 0 Å². The van der Waals surface area contributed by atoms with Gasteiger partial charge >= 0.3 is 5.97 Å². The standard InChI is InChI=1S/C17H12BrNO2/c18-16-3-1-2-13(10-16)8-9-17(20)21-12-15-6-4-14(11-19)5-7-15/h1-10H,12H2. The molecule has 0 spiro atoms. The molecule has 0 unspecified atom stereocenters. The van der Waals surface area contributed by atoms with Crippen molar-refractivity contribution in [3.05, 3.63) is 75.8 Å². The van der Waals surface area contributed by atoms with Crippen molar-refractivity contribution in [2.75, 3.05) is 0 Å². The van der Waals surface area contributed by atoms with E-state index in [-0.39, 0.29) is 6.61 Å². The van der Waals surface area contributed by atoms with E-state index in [4.69, 9.17) is 10.00 Å². The predicted octanol–water partition coefficient (Wildman–Crippen LogP) is 4.08. The van der Waals surface area contributed by atoms with Crippen molar-refractivity contribution in [3.63, 3.8) is 0 Å². The Kier molecular flexibility index (Phi) is 5.30. The quantitative estimate of drug-likeness (QED) is 0.621. The zero-order valence-corrected chi connectivity index (χ0v) is 12.7. The van der Waals surface area contributed by atoms with Crippen molar-refractivity contribution in [1.29, 1.82) is 5.26 Å². The predicted molar refractivity (Wildman–Crippen MR) is 84.1 cm³/mol. The first-order valence-corrected chi connectivity index (χ1v) is 7.06. The van der Waals surface area contributed by atoms with Gasteiger partial charge in [0, 0.05) is 10.5 Å². The van der Waals surface area contributed by atoms with Crippen LogP contribution in [-0.2, 0) is 16.1 Å². The monoisotopic (exact) mass is 341 g/mol. The minimum atomic E-state index is -0.403. The molecule has 104 valence electrons. The van der Waals surface area contributed by atoms with E-state index in [0.29, 0.717) is 5.56 Å². The number of hydrogen-bond donors (Lipinski definition) is 0. The highest BCUT2D eigenvalue weighted by Crippen LogP contribution is 2.13. The molecule has 2 rings (SSSR count). The lowest BCUT2D eigenvalue weighted by Crippen LogP contribution is -2.00. The van der Waals surface area contributed by atoms with E-state index in [1.165, 1.54) is 6.08 Å². The van der Waals surface area contributed by atoms with Crippen LogP contribution in [-0.4, -0.2) is 5.97 Å². The molecular formula is C17H12BrNO2. The van der Waals surface area contributed by atoms with Gasteiger partial charge in [0.05, 0.1) is 11.6 Å². The molecule has 0 aliphatic heterocycles. The maximum absolute atomic E-state index is 11.6. The smallest absolute Gasteiger partial charge is 0.331 e. The van der Waals surface area contributed by atoms with Gasteiger partial charge in [0.15, 0.2) is 0 Å². The summed E-state index contributed by atoms with van der Waals surface area (Å²) in [6.07, 6.45) is 3.09. The van der Waals surface area contributed by atoms with Crippen LogP contribution in [0, 0.1) is 11.3 Å². The lowest BCUT2D eigenvalue weighted by atomic mass is 10.2. The molecule has 0 N–H and O–H groups in total. The van der Waals surface area contributed by atoms with E-state index >= 15 is 0 Å². The average Bonchev–Trinajstić information content (AvgIpc) is 2.51. The highest BCUT2D eigenvalue weighted by atomic mass is 79.9. The van der Waals surface area contributed by atoms with Crippen LogP contribution in [0.1, 0.15) is 16.7 Å². The van der Waals surface area contributed by atoms with Gasteiger partial charge in [-0.15, -0.1) is 0 Å². The Morgan fingerprint density at radius 3 is 2.67 bits per heavy atom. The molecule has 0 fully saturated rings. The second kappa shape index (κ2) is 7.41. The third kappa shape index (κ3) is 4.90. The number of halogens is 1. The lowest BCUT2D eigenvalue weighted by Gasteiger charge is -2.02. The van der Waals surface area contributed by atoms with E-state index in [1.54, 1.807) is 30.3 Å². The highest BCUT2D eigenvalue weighted by Gasteiger charge is 1.99. The molecule has 3 nitrogen and oxygen atoms in total. The van der Waals surface area contributed by atoms with Gasteiger partial charge in [0.2, 0.25) is 0 Å². The Morgan fingerprint density at radius 1 is 1.24 bits per heavy atom. The van der Waals surface area contributed by atoms with Crippen LogP contribution >= 0.6 is 15.9 Å². The molecule has 0 saturated heterocycles. The number of nitrogens with zero attached hydrogens (tertiary/aromatic N) is 1. The fourth-order valence-electron chi connectivity index (χ4n) is 1.65. The Hall–Kier alpha value is -2.38. The first-order valence-electron chi connectivity index (χ1n) is 6.27. The Balaban J connectivity index is 1.88. The summed E-state index contributed by atoms with van der Waals surface area (Å²) >= 11 is 3.37. The van der Waals surface area contributed by atoms with Gasteiger partial charge in [-0.2, -0.15) is 5.26 Å². The van der Waals surface area contributed by atoms with Gasteiger partial charge in [-0.05, 0) is 41.5 Å². The summed E-state index contributed by atoms with van der Waals surface area (Å²) in [6, 6.07) is 16.6. The molecule has 0 radical (unpaired) electrons.